The van der Waals surface area contributed by atoms with Crippen LogP contribution in [-0.4, -0.2) is 30.4 Å². The molecule has 0 bridgehead atoms. The molecule has 1 rings (SSSR count). The number of rotatable bonds is 2. The van der Waals surface area contributed by atoms with Gasteiger partial charge in [0.25, 0.3) is 0 Å². The maximum absolute atomic E-state index is 12.2. The number of carbonyl (C=O) groups is 1. The van der Waals surface area contributed by atoms with Gasteiger partial charge in [-0.3, -0.25) is 4.79 Å². The molecule has 1 amide bonds. The SMILES string of the molecule is CC(C)(CN)C(=O)N1CCCCCCC1.Cl. The van der Waals surface area contributed by atoms with Gasteiger partial charge in [0, 0.05) is 19.6 Å². The zero-order valence-electron chi connectivity index (χ0n) is 10.5. The van der Waals surface area contributed by atoms with Crippen molar-refractivity contribution in [2.75, 3.05) is 19.6 Å². The van der Waals surface area contributed by atoms with Gasteiger partial charge in [0.1, 0.15) is 0 Å². The van der Waals surface area contributed by atoms with Crippen LogP contribution in [0.2, 0.25) is 0 Å². The molecule has 0 atom stereocenters. The van der Waals surface area contributed by atoms with Crippen LogP contribution in [0, 0.1) is 5.41 Å². The predicted octanol–water partition coefficient (Wildman–Crippen LogP) is 2.19. The van der Waals surface area contributed by atoms with Crippen LogP contribution in [0.25, 0.3) is 0 Å². The summed E-state index contributed by atoms with van der Waals surface area (Å²) in [6.45, 7) is 6.15. The van der Waals surface area contributed by atoms with Crippen molar-refractivity contribution in [2.24, 2.45) is 11.1 Å². The molecule has 1 fully saturated rings. The van der Waals surface area contributed by atoms with E-state index in [0.717, 1.165) is 25.9 Å². The van der Waals surface area contributed by atoms with Crippen molar-refractivity contribution in [2.45, 2.75) is 46.0 Å². The second kappa shape index (κ2) is 7.13. The Morgan fingerprint density at radius 2 is 1.56 bits per heavy atom. The summed E-state index contributed by atoms with van der Waals surface area (Å²) in [5.41, 5.74) is 5.25. The molecule has 2 N–H and O–H groups in total. The zero-order valence-corrected chi connectivity index (χ0v) is 11.3. The Morgan fingerprint density at radius 3 is 2.00 bits per heavy atom. The Hall–Kier alpha value is -0.280. The number of hydrogen-bond acceptors (Lipinski definition) is 2. The van der Waals surface area contributed by atoms with Gasteiger partial charge in [-0.2, -0.15) is 0 Å². The second-order valence-corrected chi connectivity index (χ2v) is 5.15. The molecule has 96 valence electrons. The number of halogens is 1. The van der Waals surface area contributed by atoms with Crippen LogP contribution in [0.4, 0.5) is 0 Å². The summed E-state index contributed by atoms with van der Waals surface area (Å²) in [5, 5.41) is 0. The molecular formula is C12H25ClN2O. The number of nitrogens with zero attached hydrogens (tertiary/aromatic N) is 1. The highest BCUT2D eigenvalue weighted by Gasteiger charge is 2.30. The van der Waals surface area contributed by atoms with Crippen molar-refractivity contribution in [1.82, 2.24) is 4.90 Å². The molecule has 3 nitrogen and oxygen atoms in total. The standard InChI is InChI=1S/C12H24N2O.ClH/c1-12(2,10-13)11(15)14-8-6-4-3-5-7-9-14;/h3-10,13H2,1-2H3;1H. The molecule has 4 heteroatoms. The molecular weight excluding hydrogens is 224 g/mol. The van der Waals surface area contributed by atoms with E-state index in [1.165, 1.54) is 19.3 Å². The van der Waals surface area contributed by atoms with Crippen LogP contribution in [0.1, 0.15) is 46.0 Å². The van der Waals surface area contributed by atoms with Crippen LogP contribution in [0.3, 0.4) is 0 Å². The Labute approximate surface area is 105 Å². The van der Waals surface area contributed by atoms with Crippen molar-refractivity contribution < 1.29 is 4.79 Å². The van der Waals surface area contributed by atoms with E-state index >= 15 is 0 Å². The van der Waals surface area contributed by atoms with E-state index in [0.29, 0.717) is 6.54 Å². The zero-order chi connectivity index (χ0) is 11.3. The first kappa shape index (κ1) is 15.7. The number of hydrogen-bond donors (Lipinski definition) is 1. The Morgan fingerprint density at radius 1 is 1.12 bits per heavy atom. The van der Waals surface area contributed by atoms with E-state index < -0.39 is 0 Å². The summed E-state index contributed by atoms with van der Waals surface area (Å²) in [5.74, 6) is 0.229. The number of likely N-dealkylation sites (tertiary alicyclic amines) is 1. The van der Waals surface area contributed by atoms with E-state index in [-0.39, 0.29) is 23.7 Å². The van der Waals surface area contributed by atoms with Crippen LogP contribution in [0.5, 0.6) is 0 Å². The molecule has 0 spiro atoms. The summed E-state index contributed by atoms with van der Waals surface area (Å²) in [7, 11) is 0. The highest BCUT2D eigenvalue weighted by molar-refractivity contribution is 5.85. The fourth-order valence-electron chi connectivity index (χ4n) is 1.97. The van der Waals surface area contributed by atoms with Crippen molar-refractivity contribution >= 4 is 18.3 Å². The molecule has 0 radical (unpaired) electrons. The number of carbonyl (C=O) groups excluding carboxylic acids is 1. The summed E-state index contributed by atoms with van der Waals surface area (Å²) in [6, 6.07) is 0. The Bertz CT molecular complexity index is 211. The van der Waals surface area contributed by atoms with Gasteiger partial charge < -0.3 is 10.6 Å². The third-order valence-corrected chi connectivity index (χ3v) is 3.23. The Balaban J connectivity index is 0.00000225. The average Bonchev–Trinajstić information content (AvgIpc) is 2.16. The summed E-state index contributed by atoms with van der Waals surface area (Å²) < 4.78 is 0. The molecule has 1 heterocycles. The fourth-order valence-corrected chi connectivity index (χ4v) is 1.97. The molecule has 0 aliphatic carbocycles. The van der Waals surface area contributed by atoms with Crippen LogP contribution in [0.15, 0.2) is 0 Å². The summed E-state index contributed by atoms with van der Waals surface area (Å²) in [4.78, 5) is 14.2. The smallest absolute Gasteiger partial charge is 0.229 e. The van der Waals surface area contributed by atoms with Crippen LogP contribution >= 0.6 is 12.4 Å². The molecule has 1 saturated heterocycles. The molecule has 1 aliphatic rings. The molecule has 0 aromatic rings. The summed E-state index contributed by atoms with van der Waals surface area (Å²) in [6.07, 6.45) is 6.13. The highest BCUT2D eigenvalue weighted by Crippen LogP contribution is 2.19. The van der Waals surface area contributed by atoms with E-state index in [4.69, 9.17) is 5.73 Å². The number of amides is 1. The van der Waals surface area contributed by atoms with Crippen molar-refractivity contribution in [3.05, 3.63) is 0 Å². The van der Waals surface area contributed by atoms with Gasteiger partial charge in [0.15, 0.2) is 0 Å². The van der Waals surface area contributed by atoms with E-state index in [2.05, 4.69) is 0 Å². The molecule has 0 aromatic carbocycles. The minimum Gasteiger partial charge on any atom is -0.342 e. The first-order valence-corrected chi connectivity index (χ1v) is 6.07. The molecule has 16 heavy (non-hydrogen) atoms. The van der Waals surface area contributed by atoms with Crippen molar-refractivity contribution in [3.8, 4) is 0 Å². The van der Waals surface area contributed by atoms with E-state index in [1.807, 2.05) is 18.7 Å². The van der Waals surface area contributed by atoms with Gasteiger partial charge in [-0.25, -0.2) is 0 Å². The lowest BCUT2D eigenvalue weighted by Crippen LogP contribution is -2.45. The number of nitrogens with two attached hydrogens (primary N) is 1. The minimum absolute atomic E-state index is 0. The Kier molecular flexibility index (Phi) is 7.00. The molecule has 0 aromatic heterocycles. The topological polar surface area (TPSA) is 46.3 Å². The first-order valence-electron chi connectivity index (χ1n) is 6.07. The van der Waals surface area contributed by atoms with Gasteiger partial charge in [-0.15, -0.1) is 12.4 Å². The highest BCUT2D eigenvalue weighted by atomic mass is 35.5. The normalized spacial score (nSPS) is 18.3. The first-order chi connectivity index (χ1) is 7.08. The lowest BCUT2D eigenvalue weighted by Gasteiger charge is -2.32. The quantitative estimate of drug-likeness (QED) is 0.814. The molecule has 0 unspecified atom stereocenters. The lowest BCUT2D eigenvalue weighted by molar-refractivity contribution is -0.140. The monoisotopic (exact) mass is 248 g/mol. The maximum atomic E-state index is 12.2. The van der Waals surface area contributed by atoms with Gasteiger partial charge in [0.2, 0.25) is 5.91 Å². The largest absolute Gasteiger partial charge is 0.342 e. The van der Waals surface area contributed by atoms with Crippen LogP contribution < -0.4 is 5.73 Å². The third-order valence-electron chi connectivity index (χ3n) is 3.23. The van der Waals surface area contributed by atoms with Gasteiger partial charge in [-0.05, 0) is 26.7 Å². The third kappa shape index (κ3) is 4.30. The maximum Gasteiger partial charge on any atom is 0.229 e. The average molecular weight is 249 g/mol. The minimum atomic E-state index is -0.390. The fraction of sp³-hybridized carbons (Fsp3) is 0.917. The second-order valence-electron chi connectivity index (χ2n) is 5.15. The van der Waals surface area contributed by atoms with Gasteiger partial charge in [0.05, 0.1) is 5.41 Å². The molecule has 0 saturated carbocycles. The predicted molar refractivity (Wildman–Crippen MR) is 69.7 cm³/mol. The van der Waals surface area contributed by atoms with Gasteiger partial charge >= 0.3 is 0 Å². The van der Waals surface area contributed by atoms with Crippen molar-refractivity contribution in [3.63, 3.8) is 0 Å². The molecule has 1 aliphatic heterocycles. The van der Waals surface area contributed by atoms with E-state index in [1.54, 1.807) is 0 Å². The van der Waals surface area contributed by atoms with Crippen molar-refractivity contribution in [1.29, 1.82) is 0 Å². The van der Waals surface area contributed by atoms with Crippen LogP contribution in [-0.2, 0) is 4.79 Å². The summed E-state index contributed by atoms with van der Waals surface area (Å²) >= 11 is 0. The van der Waals surface area contributed by atoms with E-state index in [9.17, 15) is 4.79 Å². The lowest BCUT2D eigenvalue weighted by atomic mass is 9.91. The van der Waals surface area contributed by atoms with Gasteiger partial charge in [-0.1, -0.05) is 19.3 Å².